The summed E-state index contributed by atoms with van der Waals surface area (Å²) in [6, 6.07) is 1.96. The molecule has 0 aliphatic heterocycles. The van der Waals surface area contributed by atoms with Crippen molar-refractivity contribution in [2.75, 3.05) is 7.11 Å². The number of hydrogen-bond donors (Lipinski definition) is 0. The van der Waals surface area contributed by atoms with Crippen LogP contribution in [0.2, 0.25) is 0 Å². The molecule has 4 heteroatoms. The molecule has 82 valence electrons. The van der Waals surface area contributed by atoms with Gasteiger partial charge in [0.2, 0.25) is 0 Å². The lowest BCUT2D eigenvalue weighted by Gasteiger charge is -2.03. The molecule has 0 radical (unpaired) electrons. The Morgan fingerprint density at radius 2 is 2.20 bits per heavy atom. The molecule has 0 aromatic carbocycles. The van der Waals surface area contributed by atoms with E-state index in [9.17, 15) is 4.79 Å². The number of aromatic nitrogens is 2. The number of methoxy groups -OCH3 is 1. The predicted octanol–water partition coefficient (Wildman–Crippen LogP) is 1.45. The van der Waals surface area contributed by atoms with Crippen molar-refractivity contribution in [3.8, 4) is 0 Å². The van der Waals surface area contributed by atoms with Crippen LogP contribution in [-0.4, -0.2) is 23.0 Å². The van der Waals surface area contributed by atoms with Gasteiger partial charge in [0.05, 0.1) is 13.5 Å². The molecule has 0 fully saturated rings. The highest BCUT2D eigenvalue weighted by molar-refractivity contribution is 5.69. The average molecular weight is 208 g/mol. The molecule has 0 saturated heterocycles. The third-order valence-corrected chi connectivity index (χ3v) is 2.10. The molecule has 0 spiro atoms. The summed E-state index contributed by atoms with van der Waals surface area (Å²) < 4.78 is 4.56. The van der Waals surface area contributed by atoms with Gasteiger partial charge in [0, 0.05) is 17.8 Å². The van der Waals surface area contributed by atoms with E-state index in [0.717, 1.165) is 23.6 Å². The molecule has 1 heterocycles. The maximum absolute atomic E-state index is 10.9. The minimum atomic E-state index is -0.224. The van der Waals surface area contributed by atoms with Crippen LogP contribution in [0.4, 0.5) is 0 Å². The Labute approximate surface area is 89.7 Å². The van der Waals surface area contributed by atoms with Crippen LogP contribution in [0, 0.1) is 6.92 Å². The number of nitrogens with zero attached hydrogens (tertiary/aromatic N) is 2. The van der Waals surface area contributed by atoms with E-state index in [2.05, 4.69) is 14.7 Å². The molecule has 1 aromatic heterocycles. The fraction of sp³-hybridized carbons (Fsp3) is 0.545. The summed E-state index contributed by atoms with van der Waals surface area (Å²) in [7, 11) is 1.39. The SMILES string of the molecule is CCc1cc(C)nc(CCC(=O)OC)n1. The Morgan fingerprint density at radius 3 is 2.80 bits per heavy atom. The molecule has 15 heavy (non-hydrogen) atoms. The summed E-state index contributed by atoms with van der Waals surface area (Å²) in [4.78, 5) is 19.6. The number of hydrogen-bond acceptors (Lipinski definition) is 4. The Balaban J connectivity index is 2.68. The molecular formula is C11H16N2O2. The summed E-state index contributed by atoms with van der Waals surface area (Å²) in [6.07, 6.45) is 1.76. The van der Waals surface area contributed by atoms with Crippen LogP contribution in [0.25, 0.3) is 0 Å². The van der Waals surface area contributed by atoms with Crippen molar-refractivity contribution in [2.24, 2.45) is 0 Å². The second-order valence-corrected chi connectivity index (χ2v) is 3.35. The largest absolute Gasteiger partial charge is 0.469 e. The van der Waals surface area contributed by atoms with Crippen LogP contribution in [0.3, 0.4) is 0 Å². The Bertz CT molecular complexity index is 350. The molecule has 0 atom stereocenters. The van der Waals surface area contributed by atoms with E-state index < -0.39 is 0 Å². The van der Waals surface area contributed by atoms with Gasteiger partial charge in [0.1, 0.15) is 5.82 Å². The second-order valence-electron chi connectivity index (χ2n) is 3.35. The Kier molecular flexibility index (Phi) is 4.21. The number of ether oxygens (including phenoxy) is 1. The first-order valence-electron chi connectivity index (χ1n) is 5.06. The van der Waals surface area contributed by atoms with Gasteiger partial charge in [-0.15, -0.1) is 0 Å². The van der Waals surface area contributed by atoms with Gasteiger partial charge < -0.3 is 4.74 Å². The van der Waals surface area contributed by atoms with Crippen molar-refractivity contribution in [3.63, 3.8) is 0 Å². The molecule has 0 aliphatic rings. The van der Waals surface area contributed by atoms with Gasteiger partial charge >= 0.3 is 5.97 Å². The quantitative estimate of drug-likeness (QED) is 0.703. The second kappa shape index (κ2) is 5.44. The van der Waals surface area contributed by atoms with E-state index in [4.69, 9.17) is 0 Å². The van der Waals surface area contributed by atoms with Crippen molar-refractivity contribution >= 4 is 5.97 Å². The lowest BCUT2D eigenvalue weighted by Crippen LogP contribution is -2.06. The van der Waals surface area contributed by atoms with Crippen LogP contribution < -0.4 is 0 Å². The minimum Gasteiger partial charge on any atom is -0.469 e. The predicted molar refractivity (Wildman–Crippen MR) is 56.5 cm³/mol. The fourth-order valence-electron chi connectivity index (χ4n) is 1.31. The minimum absolute atomic E-state index is 0.224. The average Bonchev–Trinajstić information content (AvgIpc) is 2.25. The highest BCUT2D eigenvalue weighted by atomic mass is 16.5. The number of carbonyl (C=O) groups is 1. The topological polar surface area (TPSA) is 52.1 Å². The van der Waals surface area contributed by atoms with E-state index in [1.807, 2.05) is 19.9 Å². The summed E-state index contributed by atoms with van der Waals surface area (Å²) in [5.41, 5.74) is 1.96. The van der Waals surface area contributed by atoms with Crippen LogP contribution in [0.5, 0.6) is 0 Å². The number of rotatable bonds is 4. The molecule has 0 saturated carbocycles. The van der Waals surface area contributed by atoms with Gasteiger partial charge in [-0.3, -0.25) is 4.79 Å². The van der Waals surface area contributed by atoms with E-state index >= 15 is 0 Å². The first-order chi connectivity index (χ1) is 7.15. The number of esters is 1. The van der Waals surface area contributed by atoms with E-state index in [1.165, 1.54) is 7.11 Å². The zero-order chi connectivity index (χ0) is 11.3. The third kappa shape index (κ3) is 3.65. The van der Waals surface area contributed by atoms with E-state index in [1.54, 1.807) is 0 Å². The molecule has 0 aliphatic carbocycles. The standard InChI is InChI=1S/C11H16N2O2/c1-4-9-7-8(2)12-10(13-9)5-6-11(14)15-3/h7H,4-6H2,1-3H3. The molecule has 0 unspecified atom stereocenters. The van der Waals surface area contributed by atoms with Gasteiger partial charge in [0.25, 0.3) is 0 Å². The van der Waals surface area contributed by atoms with Crippen LogP contribution >= 0.6 is 0 Å². The number of aryl methyl sites for hydroxylation is 3. The van der Waals surface area contributed by atoms with Gasteiger partial charge in [-0.25, -0.2) is 9.97 Å². The highest BCUT2D eigenvalue weighted by Gasteiger charge is 2.05. The van der Waals surface area contributed by atoms with E-state index in [-0.39, 0.29) is 5.97 Å². The molecule has 1 aromatic rings. The van der Waals surface area contributed by atoms with Crippen molar-refractivity contribution in [1.29, 1.82) is 0 Å². The Hall–Kier alpha value is -1.45. The Morgan fingerprint density at radius 1 is 1.47 bits per heavy atom. The summed E-state index contributed by atoms with van der Waals surface area (Å²) in [5, 5.41) is 0. The lowest BCUT2D eigenvalue weighted by atomic mass is 10.2. The number of carbonyl (C=O) groups excluding carboxylic acids is 1. The fourth-order valence-corrected chi connectivity index (χ4v) is 1.31. The van der Waals surface area contributed by atoms with Gasteiger partial charge in [-0.1, -0.05) is 6.92 Å². The summed E-state index contributed by atoms with van der Waals surface area (Å²) >= 11 is 0. The van der Waals surface area contributed by atoms with Gasteiger partial charge in [0.15, 0.2) is 0 Å². The third-order valence-electron chi connectivity index (χ3n) is 2.10. The van der Waals surface area contributed by atoms with Crippen molar-refractivity contribution in [3.05, 3.63) is 23.3 Å². The maximum Gasteiger partial charge on any atom is 0.305 e. The highest BCUT2D eigenvalue weighted by Crippen LogP contribution is 2.04. The molecule has 0 bridgehead atoms. The normalized spacial score (nSPS) is 10.1. The zero-order valence-electron chi connectivity index (χ0n) is 9.41. The summed E-state index contributed by atoms with van der Waals surface area (Å²) in [5.74, 6) is 0.496. The van der Waals surface area contributed by atoms with Gasteiger partial charge in [-0.2, -0.15) is 0 Å². The van der Waals surface area contributed by atoms with Gasteiger partial charge in [-0.05, 0) is 19.4 Å². The van der Waals surface area contributed by atoms with Crippen LogP contribution in [0.1, 0.15) is 30.6 Å². The molecule has 0 amide bonds. The first-order valence-corrected chi connectivity index (χ1v) is 5.06. The smallest absolute Gasteiger partial charge is 0.305 e. The summed E-state index contributed by atoms with van der Waals surface area (Å²) in [6.45, 7) is 3.98. The van der Waals surface area contributed by atoms with Crippen molar-refractivity contribution < 1.29 is 9.53 Å². The molecule has 4 nitrogen and oxygen atoms in total. The molecule has 0 N–H and O–H groups in total. The van der Waals surface area contributed by atoms with Crippen LogP contribution in [0.15, 0.2) is 6.07 Å². The maximum atomic E-state index is 10.9. The van der Waals surface area contributed by atoms with Crippen LogP contribution in [-0.2, 0) is 22.4 Å². The lowest BCUT2D eigenvalue weighted by molar-refractivity contribution is -0.140. The van der Waals surface area contributed by atoms with Crippen molar-refractivity contribution in [1.82, 2.24) is 9.97 Å². The zero-order valence-corrected chi connectivity index (χ0v) is 9.41. The van der Waals surface area contributed by atoms with E-state index in [0.29, 0.717) is 12.8 Å². The van der Waals surface area contributed by atoms with Crippen molar-refractivity contribution in [2.45, 2.75) is 33.1 Å². The molecule has 1 rings (SSSR count). The first kappa shape index (κ1) is 11.6. The monoisotopic (exact) mass is 208 g/mol. The molecular weight excluding hydrogens is 192 g/mol.